The number of aliphatic hydroxyl groups excluding tert-OH is 1. The minimum atomic E-state index is -2.03. The number of aromatic nitrogens is 1. The first kappa shape index (κ1) is 51.2. The molecule has 0 bridgehead atoms. The first-order valence-electron chi connectivity index (χ1n) is 21.6. The molecule has 5 amide bonds. The maximum absolute atomic E-state index is 14.8. The second-order valence-corrected chi connectivity index (χ2v) is 19.7. The van der Waals surface area contributed by atoms with Crippen molar-refractivity contribution in [2.75, 3.05) is 38.1 Å². The van der Waals surface area contributed by atoms with Crippen LogP contribution in [-0.2, 0) is 24.0 Å². The zero-order chi connectivity index (χ0) is 48.6. The number of nitrogens with one attached hydrogen (secondary N) is 6. The molecule has 15 nitrogen and oxygen atoms in total. The number of aliphatic hydroxyl groups is 1. The Morgan fingerprint density at radius 2 is 1.72 bits per heavy atom. The Balaban J connectivity index is 1.01. The third kappa shape index (κ3) is 13.3. The van der Waals surface area contributed by atoms with Crippen LogP contribution in [0.2, 0.25) is 0 Å². The number of rotatable bonds is 20. The van der Waals surface area contributed by atoms with E-state index in [1.807, 2.05) is 41.6 Å². The van der Waals surface area contributed by atoms with E-state index in [0.717, 1.165) is 28.3 Å². The topological polar surface area (TPSA) is 203 Å². The quantitative estimate of drug-likeness (QED) is 0.0243. The normalized spacial score (nSPS) is 17.3. The highest BCUT2D eigenvalue weighted by atomic mass is 127. The Morgan fingerprint density at radius 3 is 2.37 bits per heavy atom. The van der Waals surface area contributed by atoms with E-state index >= 15 is 0 Å². The summed E-state index contributed by atoms with van der Waals surface area (Å²) in [5, 5.41) is 24.6. The van der Waals surface area contributed by atoms with Crippen LogP contribution in [0.5, 0.6) is 0 Å². The number of hydroxylamine groups is 1. The summed E-state index contributed by atoms with van der Waals surface area (Å²) in [6.07, 6.45) is -0.819. The molecule has 4 aromatic rings. The number of likely N-dealkylation sites (tertiary alicyclic amines) is 1. The number of carbonyl (C=O) groups is 5. The number of carbonyl (C=O) groups excluding carboxylic acids is 5. The maximum atomic E-state index is 14.8. The van der Waals surface area contributed by atoms with Gasteiger partial charge in [-0.2, -0.15) is 0 Å². The molecule has 4 atom stereocenters. The van der Waals surface area contributed by atoms with Crippen molar-refractivity contribution in [2.45, 2.75) is 89.7 Å². The van der Waals surface area contributed by atoms with Crippen LogP contribution >= 0.6 is 33.9 Å². The van der Waals surface area contributed by atoms with E-state index < -0.39 is 88.0 Å². The summed E-state index contributed by atoms with van der Waals surface area (Å²) in [4.78, 5) is 78.8. The van der Waals surface area contributed by atoms with Crippen molar-refractivity contribution in [1.82, 2.24) is 36.6 Å². The molecule has 360 valence electrons. The van der Waals surface area contributed by atoms with Gasteiger partial charge in [0, 0.05) is 29.6 Å². The van der Waals surface area contributed by atoms with Gasteiger partial charge in [0.25, 0.3) is 11.8 Å². The van der Waals surface area contributed by atoms with Crippen LogP contribution in [0.1, 0.15) is 80.5 Å². The van der Waals surface area contributed by atoms with Crippen molar-refractivity contribution < 1.29 is 51.5 Å². The molecular formula is C46H53F4IN8O7S. The van der Waals surface area contributed by atoms with E-state index in [-0.39, 0.29) is 56.6 Å². The number of halogens is 5. The minimum absolute atomic E-state index is 0.0247. The molecule has 6 rings (SSSR count). The van der Waals surface area contributed by atoms with Crippen molar-refractivity contribution in [3.63, 3.8) is 0 Å². The van der Waals surface area contributed by atoms with Crippen LogP contribution in [0.4, 0.5) is 28.9 Å². The second-order valence-electron chi connectivity index (χ2n) is 17.6. The van der Waals surface area contributed by atoms with Crippen LogP contribution < -0.4 is 32.1 Å². The highest BCUT2D eigenvalue weighted by molar-refractivity contribution is 14.1. The lowest BCUT2D eigenvalue weighted by Crippen LogP contribution is -2.59. The molecule has 21 heteroatoms. The van der Waals surface area contributed by atoms with Gasteiger partial charge < -0.3 is 36.6 Å². The monoisotopic (exact) mass is 1060 g/mol. The van der Waals surface area contributed by atoms with Crippen LogP contribution in [-0.4, -0.2) is 101 Å². The Labute approximate surface area is 402 Å². The highest BCUT2D eigenvalue weighted by Crippen LogP contribution is 2.40. The van der Waals surface area contributed by atoms with Crippen molar-refractivity contribution >= 4 is 74.8 Å². The summed E-state index contributed by atoms with van der Waals surface area (Å²) < 4.78 is 58.6. The molecular weight excluding hydrogens is 1010 g/mol. The number of hydrogen-bond acceptors (Lipinski definition) is 11. The van der Waals surface area contributed by atoms with E-state index in [2.05, 4.69) is 37.0 Å². The van der Waals surface area contributed by atoms with Gasteiger partial charge in [0.1, 0.15) is 17.9 Å². The van der Waals surface area contributed by atoms with Crippen LogP contribution in [0.15, 0.2) is 60.1 Å². The van der Waals surface area contributed by atoms with Crippen molar-refractivity contribution in [3.05, 3.63) is 98.0 Å². The third-order valence-electron chi connectivity index (χ3n) is 11.3. The molecule has 0 spiro atoms. The summed E-state index contributed by atoms with van der Waals surface area (Å²) in [7, 11) is 0. The summed E-state index contributed by atoms with van der Waals surface area (Å²) in [5.41, 5.74) is 2.33. The number of β-amino-alcohol motifs (C(OH)–C–C–N with tert-alkyl or cyclic N) is 1. The Kier molecular flexibility index (Phi) is 17.0. The molecule has 2 fully saturated rings. The molecule has 2 aliphatic rings. The molecule has 1 aromatic heterocycles. The van der Waals surface area contributed by atoms with Gasteiger partial charge in [-0.15, -0.1) is 11.3 Å². The lowest BCUT2D eigenvalue weighted by Gasteiger charge is -2.36. The second kappa shape index (κ2) is 22.3. The molecule has 3 aromatic carbocycles. The molecule has 0 radical (unpaired) electrons. The lowest BCUT2D eigenvalue weighted by atomic mass is 9.85. The number of amides is 5. The van der Waals surface area contributed by atoms with Gasteiger partial charge in [0.05, 0.1) is 58.2 Å². The van der Waals surface area contributed by atoms with E-state index in [0.29, 0.717) is 28.6 Å². The van der Waals surface area contributed by atoms with Crippen LogP contribution in [0, 0.1) is 33.4 Å². The largest absolute Gasteiger partial charge is 0.391 e. The molecule has 1 unspecified atom stereocenters. The molecule has 1 aliphatic carbocycles. The number of thiazole rings is 1. The van der Waals surface area contributed by atoms with E-state index in [9.17, 15) is 46.6 Å². The van der Waals surface area contributed by atoms with Gasteiger partial charge >= 0.3 is 0 Å². The van der Waals surface area contributed by atoms with Crippen molar-refractivity contribution in [2.24, 2.45) is 5.41 Å². The molecule has 1 saturated carbocycles. The molecule has 7 N–H and O–H groups in total. The molecule has 67 heavy (non-hydrogen) atoms. The van der Waals surface area contributed by atoms with Gasteiger partial charge in [0.15, 0.2) is 17.3 Å². The molecule has 2 heterocycles. The first-order valence-corrected chi connectivity index (χ1v) is 23.6. The van der Waals surface area contributed by atoms with Gasteiger partial charge in [-0.25, -0.2) is 28.0 Å². The first-order chi connectivity index (χ1) is 31.7. The predicted molar refractivity (Wildman–Crippen MR) is 251 cm³/mol. The summed E-state index contributed by atoms with van der Waals surface area (Å²) >= 11 is 3.37. The Bertz CT molecular complexity index is 2450. The number of aryl methyl sites for hydroxylation is 1. The summed E-state index contributed by atoms with van der Waals surface area (Å²) in [6, 6.07) is 10.0. The Hall–Kier alpha value is -5.23. The highest BCUT2D eigenvalue weighted by Gasteiger charge is 2.53. The van der Waals surface area contributed by atoms with Gasteiger partial charge in [-0.1, -0.05) is 45.0 Å². The molecule has 1 saturated heterocycles. The van der Waals surface area contributed by atoms with Gasteiger partial charge in [-0.3, -0.25) is 28.8 Å². The van der Waals surface area contributed by atoms with Crippen molar-refractivity contribution in [1.29, 1.82) is 0 Å². The number of nitrogens with zero attached hydrogens (tertiary/aromatic N) is 2. The number of anilines is 2. The number of benzene rings is 3. The van der Waals surface area contributed by atoms with Crippen molar-refractivity contribution in [3.8, 4) is 10.4 Å². The summed E-state index contributed by atoms with van der Waals surface area (Å²) in [6.45, 7) is 7.80. The van der Waals surface area contributed by atoms with E-state index in [4.69, 9.17) is 4.84 Å². The van der Waals surface area contributed by atoms with Crippen LogP contribution in [0.3, 0.4) is 0 Å². The number of hydrogen-bond donors (Lipinski definition) is 7. The fourth-order valence-corrected chi connectivity index (χ4v) is 8.65. The minimum Gasteiger partial charge on any atom is -0.391 e. The van der Waals surface area contributed by atoms with E-state index in [1.54, 1.807) is 44.5 Å². The molecule has 1 aliphatic heterocycles. The average Bonchev–Trinajstić information content (AvgIpc) is 3.68. The standard InChI is InChI=1S/C46H53F4IN8O7S/c1-25-39(67-24-54-25)27-8-6-26(7-9-27)34(56-42(63)35-21-29(60)23-59(35)43(64)40(45(2,3)4)57-44(65)46(50)14-15-46)22-36(61)53-18-17-52-16-5-19-66-58-41(62)30-11-12-31(47)37(49)38(30)55-33-13-10-28(51)20-32(33)48/h6-13,20,24,29,34-35,40,52,55,60H,5,14-19,21-23H2,1-4H3,(H,53,61)(H,56,63)(H,57,65)(H,58,62)/t29-,34+,35+,40?/m1/s1. The Morgan fingerprint density at radius 1 is 0.985 bits per heavy atom. The van der Waals surface area contributed by atoms with E-state index in [1.165, 1.54) is 28.4 Å². The third-order valence-corrected chi connectivity index (χ3v) is 12.9. The zero-order valence-corrected chi connectivity index (χ0v) is 40.2. The maximum Gasteiger partial charge on any atom is 0.277 e. The van der Waals surface area contributed by atoms with Crippen LogP contribution in [0.25, 0.3) is 10.4 Å². The smallest absolute Gasteiger partial charge is 0.277 e. The summed E-state index contributed by atoms with van der Waals surface area (Å²) in [5.74, 6) is -6.76. The fraction of sp³-hybridized carbons (Fsp3) is 0.435. The van der Waals surface area contributed by atoms with Gasteiger partial charge in [-0.05, 0) is 102 Å². The lowest BCUT2D eigenvalue weighted by molar-refractivity contribution is -0.145. The number of alkyl halides is 1. The predicted octanol–water partition coefficient (Wildman–Crippen LogP) is 5.88. The SMILES string of the molecule is Cc1ncsc1-c1ccc([C@H](CC(=O)NCCNCCCONC(=O)c2ccc(F)c(F)c2Nc2ccc(I)cc2F)NC(=O)[C@@H]2C[C@@H](O)CN2C(=O)C(NC(=O)C2(F)CC2)C(C)(C)C)cc1. The fourth-order valence-electron chi connectivity index (χ4n) is 7.38. The van der Waals surface area contributed by atoms with Gasteiger partial charge in [0.2, 0.25) is 17.7 Å². The average molecular weight is 1060 g/mol. The zero-order valence-electron chi connectivity index (χ0n) is 37.2.